The molecule has 0 saturated carbocycles. The van der Waals surface area contributed by atoms with E-state index in [-0.39, 0.29) is 11.7 Å². The molecular weight excluding hydrogens is 406 g/mol. The summed E-state index contributed by atoms with van der Waals surface area (Å²) in [6.07, 6.45) is 1.63. The summed E-state index contributed by atoms with van der Waals surface area (Å²) in [6.45, 7) is 5.82. The Morgan fingerprint density at radius 3 is 2.62 bits per heavy atom. The predicted octanol–water partition coefficient (Wildman–Crippen LogP) is 4.64. The van der Waals surface area contributed by atoms with E-state index in [9.17, 15) is 4.79 Å². The van der Waals surface area contributed by atoms with E-state index in [4.69, 9.17) is 4.42 Å². The molecular formula is C20H19N5O2S2. The molecule has 9 heteroatoms. The van der Waals surface area contributed by atoms with Gasteiger partial charge in [-0.1, -0.05) is 29.5 Å². The quantitative estimate of drug-likeness (QED) is 0.453. The molecule has 0 aliphatic carbocycles. The van der Waals surface area contributed by atoms with Crippen LogP contribution in [0.3, 0.4) is 0 Å². The van der Waals surface area contributed by atoms with Crippen molar-refractivity contribution in [3.05, 3.63) is 59.0 Å². The Bertz CT molecular complexity index is 1140. The van der Waals surface area contributed by atoms with Crippen LogP contribution in [0.5, 0.6) is 0 Å². The van der Waals surface area contributed by atoms with Crippen molar-refractivity contribution in [1.82, 2.24) is 19.7 Å². The van der Waals surface area contributed by atoms with Gasteiger partial charge in [-0.05, 0) is 39.0 Å². The molecule has 0 unspecified atom stereocenters. The number of thioether (sulfide) groups is 1. The Morgan fingerprint density at radius 2 is 1.97 bits per heavy atom. The number of furan rings is 1. The Morgan fingerprint density at radius 1 is 1.17 bits per heavy atom. The second-order valence-electron chi connectivity index (χ2n) is 6.50. The fourth-order valence-electron chi connectivity index (χ4n) is 2.78. The first-order valence-electron chi connectivity index (χ1n) is 8.93. The Balaban J connectivity index is 1.61. The minimum atomic E-state index is -0.135. The standard InChI is InChI=1S/C20H19N5O2S2/c1-12-4-6-15(7-5-12)25-18(16-8-9-27-14(16)3)23-24-20(25)29-11-17(26)22-19-21-13(2)10-28-19/h4-10H,11H2,1-3H3,(H,21,22,26). The highest BCUT2D eigenvalue weighted by Gasteiger charge is 2.20. The van der Waals surface area contributed by atoms with E-state index in [0.29, 0.717) is 16.1 Å². The Labute approximate surface area is 176 Å². The number of carbonyl (C=O) groups excluding carboxylic acids is 1. The molecule has 0 saturated heterocycles. The predicted molar refractivity (Wildman–Crippen MR) is 115 cm³/mol. The molecule has 3 heterocycles. The van der Waals surface area contributed by atoms with Gasteiger partial charge in [-0.2, -0.15) is 0 Å². The van der Waals surface area contributed by atoms with E-state index in [2.05, 4.69) is 20.5 Å². The van der Waals surface area contributed by atoms with Gasteiger partial charge in [-0.3, -0.25) is 9.36 Å². The second kappa shape index (κ2) is 8.22. The number of anilines is 1. The largest absolute Gasteiger partial charge is 0.469 e. The van der Waals surface area contributed by atoms with E-state index >= 15 is 0 Å². The third-order valence-electron chi connectivity index (χ3n) is 4.22. The Kier molecular flexibility index (Phi) is 5.50. The van der Waals surface area contributed by atoms with E-state index in [1.165, 1.54) is 23.1 Å². The SMILES string of the molecule is Cc1ccc(-n2c(SCC(=O)Nc3nc(C)cs3)nnc2-c2ccoc2C)cc1. The maximum atomic E-state index is 12.3. The summed E-state index contributed by atoms with van der Waals surface area (Å²) in [4.78, 5) is 16.6. The summed E-state index contributed by atoms with van der Waals surface area (Å²) in [5.41, 5.74) is 3.84. The van der Waals surface area contributed by atoms with Crippen LogP contribution in [0.4, 0.5) is 5.13 Å². The smallest absolute Gasteiger partial charge is 0.236 e. The molecule has 7 nitrogen and oxygen atoms in total. The van der Waals surface area contributed by atoms with Crippen LogP contribution in [-0.4, -0.2) is 31.4 Å². The van der Waals surface area contributed by atoms with E-state index in [0.717, 1.165) is 28.3 Å². The van der Waals surface area contributed by atoms with Crippen LogP contribution in [0.15, 0.2) is 51.5 Å². The van der Waals surface area contributed by atoms with Crippen LogP contribution in [0.1, 0.15) is 17.0 Å². The Hall–Kier alpha value is -2.91. The van der Waals surface area contributed by atoms with Gasteiger partial charge in [0.05, 0.1) is 23.3 Å². The molecule has 0 bridgehead atoms. The van der Waals surface area contributed by atoms with Crippen LogP contribution in [0.25, 0.3) is 17.1 Å². The van der Waals surface area contributed by atoms with Crippen LogP contribution >= 0.6 is 23.1 Å². The normalized spacial score (nSPS) is 11.0. The molecule has 148 valence electrons. The zero-order valence-corrected chi connectivity index (χ0v) is 17.8. The number of rotatable bonds is 6. The number of hydrogen-bond donors (Lipinski definition) is 1. The molecule has 0 atom stereocenters. The third kappa shape index (κ3) is 4.25. The van der Waals surface area contributed by atoms with Gasteiger partial charge in [0.15, 0.2) is 16.1 Å². The van der Waals surface area contributed by atoms with E-state index in [1.54, 1.807) is 6.26 Å². The first-order chi connectivity index (χ1) is 14.0. The number of carbonyl (C=O) groups is 1. The summed E-state index contributed by atoms with van der Waals surface area (Å²) in [5, 5.41) is 14.7. The number of hydrogen-bond acceptors (Lipinski definition) is 7. The number of thiazole rings is 1. The number of amides is 1. The van der Waals surface area contributed by atoms with Crippen molar-refractivity contribution in [2.45, 2.75) is 25.9 Å². The number of benzene rings is 1. The highest BCUT2D eigenvalue weighted by atomic mass is 32.2. The van der Waals surface area contributed by atoms with Gasteiger partial charge in [0, 0.05) is 11.1 Å². The molecule has 1 N–H and O–H groups in total. The minimum Gasteiger partial charge on any atom is -0.469 e. The summed E-state index contributed by atoms with van der Waals surface area (Å²) >= 11 is 2.74. The maximum Gasteiger partial charge on any atom is 0.236 e. The first-order valence-corrected chi connectivity index (χ1v) is 10.8. The number of nitrogens with zero attached hydrogens (tertiary/aromatic N) is 4. The van der Waals surface area contributed by atoms with Crippen molar-refractivity contribution >= 4 is 34.1 Å². The van der Waals surface area contributed by atoms with Gasteiger partial charge in [0.2, 0.25) is 5.91 Å². The highest BCUT2D eigenvalue weighted by molar-refractivity contribution is 7.99. The van der Waals surface area contributed by atoms with Crippen LogP contribution < -0.4 is 5.32 Å². The van der Waals surface area contributed by atoms with Gasteiger partial charge in [0.25, 0.3) is 0 Å². The van der Waals surface area contributed by atoms with Gasteiger partial charge >= 0.3 is 0 Å². The van der Waals surface area contributed by atoms with Crippen molar-refractivity contribution < 1.29 is 9.21 Å². The molecule has 0 aliphatic heterocycles. The highest BCUT2D eigenvalue weighted by Crippen LogP contribution is 2.30. The lowest BCUT2D eigenvalue weighted by Crippen LogP contribution is -2.14. The molecule has 29 heavy (non-hydrogen) atoms. The maximum absolute atomic E-state index is 12.3. The summed E-state index contributed by atoms with van der Waals surface area (Å²) in [6, 6.07) is 9.97. The molecule has 0 radical (unpaired) electrons. The first kappa shape index (κ1) is 19.4. The monoisotopic (exact) mass is 425 g/mol. The molecule has 0 aliphatic rings. The van der Waals surface area contributed by atoms with Crippen LogP contribution in [0.2, 0.25) is 0 Å². The topological polar surface area (TPSA) is 85.8 Å². The van der Waals surface area contributed by atoms with E-state index < -0.39 is 0 Å². The summed E-state index contributed by atoms with van der Waals surface area (Å²) in [7, 11) is 0. The zero-order valence-electron chi connectivity index (χ0n) is 16.2. The lowest BCUT2D eigenvalue weighted by Gasteiger charge is -2.10. The fourth-order valence-corrected chi connectivity index (χ4v) is 4.23. The molecule has 1 amide bonds. The number of aromatic nitrogens is 4. The summed E-state index contributed by atoms with van der Waals surface area (Å²) in [5.74, 6) is 1.51. The van der Waals surface area contributed by atoms with Crippen LogP contribution in [0, 0.1) is 20.8 Å². The van der Waals surface area contributed by atoms with E-state index in [1.807, 2.05) is 61.1 Å². The van der Waals surface area contributed by atoms with Crippen molar-refractivity contribution in [3.8, 4) is 17.1 Å². The average molecular weight is 426 g/mol. The second-order valence-corrected chi connectivity index (χ2v) is 8.30. The van der Waals surface area contributed by atoms with Crippen LogP contribution in [-0.2, 0) is 4.79 Å². The van der Waals surface area contributed by atoms with Gasteiger partial charge in [-0.25, -0.2) is 4.98 Å². The van der Waals surface area contributed by atoms with Crippen molar-refractivity contribution in [1.29, 1.82) is 0 Å². The molecule has 3 aromatic heterocycles. The van der Waals surface area contributed by atoms with Gasteiger partial charge < -0.3 is 9.73 Å². The van der Waals surface area contributed by atoms with Crippen molar-refractivity contribution in [2.75, 3.05) is 11.1 Å². The third-order valence-corrected chi connectivity index (χ3v) is 6.03. The number of aryl methyl sites for hydroxylation is 3. The number of nitrogens with one attached hydrogen (secondary N) is 1. The molecule has 4 rings (SSSR count). The van der Waals surface area contributed by atoms with Gasteiger partial charge in [0.1, 0.15) is 5.76 Å². The lowest BCUT2D eigenvalue weighted by molar-refractivity contribution is -0.113. The van der Waals surface area contributed by atoms with Gasteiger partial charge in [-0.15, -0.1) is 21.5 Å². The summed E-state index contributed by atoms with van der Waals surface area (Å²) < 4.78 is 7.39. The minimum absolute atomic E-state index is 0.135. The molecule has 0 spiro atoms. The lowest BCUT2D eigenvalue weighted by atomic mass is 10.2. The molecule has 4 aromatic rings. The fraction of sp³-hybridized carbons (Fsp3) is 0.200. The zero-order chi connectivity index (χ0) is 20.4. The molecule has 0 fully saturated rings. The average Bonchev–Trinajstić information content (AvgIpc) is 3.41. The van der Waals surface area contributed by atoms with Crippen molar-refractivity contribution in [2.24, 2.45) is 0 Å². The van der Waals surface area contributed by atoms with Crippen molar-refractivity contribution in [3.63, 3.8) is 0 Å². The molecule has 1 aromatic carbocycles.